The van der Waals surface area contributed by atoms with E-state index in [1.165, 1.54) is 0 Å². The predicted molar refractivity (Wildman–Crippen MR) is 76.3 cm³/mol. The minimum Gasteiger partial charge on any atom is -0.485 e. The Labute approximate surface area is 118 Å². The van der Waals surface area contributed by atoms with Gasteiger partial charge in [0.1, 0.15) is 12.4 Å². The number of imidazole rings is 1. The molecule has 0 fully saturated rings. The number of benzene rings is 1. The number of nitrogens with zero attached hydrogens (tertiary/aromatic N) is 2. The molecule has 2 rings (SSSR count). The van der Waals surface area contributed by atoms with Crippen LogP contribution in [0.25, 0.3) is 0 Å². The van der Waals surface area contributed by atoms with E-state index in [-0.39, 0.29) is 0 Å². The third-order valence-electron chi connectivity index (χ3n) is 2.94. The van der Waals surface area contributed by atoms with Crippen LogP contribution < -0.4 is 10.5 Å². The molecule has 5 heteroatoms. The smallest absolute Gasteiger partial charge is 0.142 e. The number of aromatic nitrogens is 2. The molecule has 0 unspecified atom stereocenters. The molecule has 4 nitrogen and oxygen atoms in total. The molecule has 0 spiro atoms. The minimum absolute atomic E-state index is 0.348. The van der Waals surface area contributed by atoms with Crippen molar-refractivity contribution in [1.82, 2.24) is 9.55 Å². The zero-order chi connectivity index (χ0) is 13.8. The van der Waals surface area contributed by atoms with Crippen molar-refractivity contribution in [2.45, 2.75) is 33.0 Å². The van der Waals surface area contributed by atoms with Crippen LogP contribution in [0.5, 0.6) is 5.75 Å². The largest absolute Gasteiger partial charge is 0.485 e. The van der Waals surface area contributed by atoms with Gasteiger partial charge in [-0.15, -0.1) is 0 Å². The maximum Gasteiger partial charge on any atom is 0.142 e. The van der Waals surface area contributed by atoms with Gasteiger partial charge >= 0.3 is 0 Å². The highest BCUT2D eigenvalue weighted by Gasteiger charge is 2.10. The molecule has 0 aliphatic heterocycles. The summed E-state index contributed by atoms with van der Waals surface area (Å²) in [5.74, 6) is 0.656. The molecule has 2 aromatic rings. The van der Waals surface area contributed by atoms with E-state index in [2.05, 4.69) is 23.4 Å². The van der Waals surface area contributed by atoms with Gasteiger partial charge < -0.3 is 15.0 Å². The fourth-order valence-corrected chi connectivity index (χ4v) is 2.18. The first-order valence-corrected chi connectivity index (χ1v) is 6.62. The molecule has 102 valence electrons. The summed E-state index contributed by atoms with van der Waals surface area (Å²) in [7, 11) is 0. The summed E-state index contributed by atoms with van der Waals surface area (Å²) in [6.45, 7) is 5.03. The van der Waals surface area contributed by atoms with Gasteiger partial charge in [-0.25, -0.2) is 4.98 Å². The predicted octanol–water partition coefficient (Wildman–Crippen LogP) is 3.16. The van der Waals surface area contributed by atoms with Crippen molar-refractivity contribution in [1.29, 1.82) is 0 Å². The van der Waals surface area contributed by atoms with Crippen LogP contribution in [0.2, 0.25) is 5.02 Å². The van der Waals surface area contributed by atoms with Crippen molar-refractivity contribution in [3.05, 3.63) is 47.0 Å². The lowest BCUT2D eigenvalue weighted by molar-refractivity contribution is 0.289. The first kappa shape index (κ1) is 13.9. The molecule has 2 N–H and O–H groups in total. The summed E-state index contributed by atoms with van der Waals surface area (Å²) in [5.41, 5.74) is 7.61. The Balaban J connectivity index is 2.17. The van der Waals surface area contributed by atoms with Crippen LogP contribution >= 0.6 is 11.6 Å². The number of nitrogens with two attached hydrogens (primary N) is 1. The Morgan fingerprint density at radius 3 is 2.89 bits per heavy atom. The second-order valence-corrected chi connectivity index (χ2v) is 5.01. The molecule has 1 aromatic heterocycles. The molecule has 1 aromatic carbocycles. The molecule has 0 atom stereocenters. The Morgan fingerprint density at radius 1 is 1.42 bits per heavy atom. The summed E-state index contributed by atoms with van der Waals surface area (Å²) in [4.78, 5) is 4.15. The average molecular weight is 280 g/mol. The summed E-state index contributed by atoms with van der Waals surface area (Å²) < 4.78 is 7.89. The van der Waals surface area contributed by atoms with Crippen LogP contribution in [-0.4, -0.2) is 9.55 Å². The SMILES string of the molecule is CC(C)n1cncc1COc1c(Cl)cccc1CN. The number of halogens is 1. The molecule has 0 aliphatic rings. The van der Waals surface area contributed by atoms with Gasteiger partial charge in [0, 0.05) is 18.2 Å². The highest BCUT2D eigenvalue weighted by atomic mass is 35.5. The summed E-state index contributed by atoms with van der Waals surface area (Å²) in [5, 5.41) is 0.582. The monoisotopic (exact) mass is 279 g/mol. The van der Waals surface area contributed by atoms with Crippen LogP contribution in [0, 0.1) is 0 Å². The van der Waals surface area contributed by atoms with E-state index in [1.807, 2.05) is 12.1 Å². The molecular weight excluding hydrogens is 262 g/mol. The number of hydrogen-bond acceptors (Lipinski definition) is 3. The van der Waals surface area contributed by atoms with Gasteiger partial charge in [-0.1, -0.05) is 23.7 Å². The van der Waals surface area contributed by atoms with Gasteiger partial charge in [-0.2, -0.15) is 0 Å². The van der Waals surface area contributed by atoms with Crippen LogP contribution in [0.1, 0.15) is 31.1 Å². The topological polar surface area (TPSA) is 53.1 Å². The third kappa shape index (κ3) is 3.08. The van der Waals surface area contributed by atoms with E-state index in [4.69, 9.17) is 22.1 Å². The third-order valence-corrected chi connectivity index (χ3v) is 3.23. The lowest BCUT2D eigenvalue weighted by Crippen LogP contribution is -2.09. The maximum atomic E-state index is 6.15. The van der Waals surface area contributed by atoms with E-state index in [1.54, 1.807) is 18.6 Å². The number of hydrogen-bond donors (Lipinski definition) is 1. The molecule has 0 radical (unpaired) electrons. The van der Waals surface area contributed by atoms with Gasteiger partial charge in [0.15, 0.2) is 0 Å². The van der Waals surface area contributed by atoms with Gasteiger partial charge in [-0.3, -0.25) is 0 Å². The molecule has 19 heavy (non-hydrogen) atoms. The lowest BCUT2D eigenvalue weighted by atomic mass is 10.2. The van der Waals surface area contributed by atoms with Gasteiger partial charge in [-0.05, 0) is 19.9 Å². The van der Waals surface area contributed by atoms with Crippen molar-refractivity contribution >= 4 is 11.6 Å². The fourth-order valence-electron chi connectivity index (χ4n) is 1.93. The molecule has 0 amide bonds. The van der Waals surface area contributed by atoms with E-state index in [9.17, 15) is 0 Å². The Bertz CT molecular complexity index is 551. The van der Waals surface area contributed by atoms with Crippen molar-refractivity contribution in [3.8, 4) is 5.75 Å². The molecule has 1 heterocycles. The van der Waals surface area contributed by atoms with Gasteiger partial charge in [0.25, 0.3) is 0 Å². The average Bonchev–Trinajstić information content (AvgIpc) is 2.85. The highest BCUT2D eigenvalue weighted by molar-refractivity contribution is 6.32. The minimum atomic E-state index is 0.348. The molecule has 0 saturated heterocycles. The second-order valence-electron chi connectivity index (χ2n) is 4.61. The number of para-hydroxylation sites is 1. The van der Waals surface area contributed by atoms with Crippen molar-refractivity contribution in [2.24, 2.45) is 5.73 Å². The van der Waals surface area contributed by atoms with Crippen LogP contribution in [0.15, 0.2) is 30.7 Å². The zero-order valence-corrected chi connectivity index (χ0v) is 11.9. The van der Waals surface area contributed by atoms with E-state index < -0.39 is 0 Å². The molecule has 0 aliphatic carbocycles. The number of ether oxygens (including phenoxy) is 1. The van der Waals surface area contributed by atoms with E-state index >= 15 is 0 Å². The summed E-state index contributed by atoms with van der Waals surface area (Å²) in [6.07, 6.45) is 3.61. The first-order chi connectivity index (χ1) is 9.13. The highest BCUT2D eigenvalue weighted by Crippen LogP contribution is 2.29. The quantitative estimate of drug-likeness (QED) is 0.915. The van der Waals surface area contributed by atoms with Crippen LogP contribution in [0.3, 0.4) is 0 Å². The number of rotatable bonds is 5. The van der Waals surface area contributed by atoms with Crippen molar-refractivity contribution in [3.63, 3.8) is 0 Å². The van der Waals surface area contributed by atoms with Gasteiger partial charge in [0.2, 0.25) is 0 Å². The van der Waals surface area contributed by atoms with E-state index in [0.717, 1.165) is 11.3 Å². The van der Waals surface area contributed by atoms with E-state index in [0.29, 0.717) is 30.0 Å². The normalized spacial score (nSPS) is 11.0. The molecule has 0 saturated carbocycles. The maximum absolute atomic E-state index is 6.15. The van der Waals surface area contributed by atoms with Crippen LogP contribution in [-0.2, 0) is 13.2 Å². The molecule has 0 bridgehead atoms. The summed E-state index contributed by atoms with van der Waals surface area (Å²) >= 11 is 6.15. The van der Waals surface area contributed by atoms with Crippen molar-refractivity contribution < 1.29 is 4.74 Å². The van der Waals surface area contributed by atoms with Crippen molar-refractivity contribution in [2.75, 3.05) is 0 Å². The zero-order valence-electron chi connectivity index (χ0n) is 11.1. The van der Waals surface area contributed by atoms with Gasteiger partial charge in [0.05, 0.1) is 23.2 Å². The Morgan fingerprint density at radius 2 is 2.21 bits per heavy atom. The second kappa shape index (κ2) is 6.08. The molecular formula is C14H18ClN3O. The standard InChI is InChI=1S/C14H18ClN3O/c1-10(2)18-9-17-7-12(18)8-19-14-11(6-16)4-3-5-13(14)15/h3-5,7,9-10H,6,8,16H2,1-2H3. The van der Waals surface area contributed by atoms with Crippen LogP contribution in [0.4, 0.5) is 0 Å². The fraction of sp³-hybridized carbons (Fsp3) is 0.357. The Kier molecular flexibility index (Phi) is 4.45. The first-order valence-electron chi connectivity index (χ1n) is 6.24. The summed E-state index contributed by atoms with van der Waals surface area (Å²) in [6, 6.07) is 5.94. The Hall–Kier alpha value is -1.52. The lowest BCUT2D eigenvalue weighted by Gasteiger charge is -2.15.